The first kappa shape index (κ1) is 14.5. The molecule has 0 saturated carbocycles. The Kier molecular flexibility index (Phi) is 4.39. The molecule has 0 N–H and O–H groups in total. The lowest BCUT2D eigenvalue weighted by atomic mass is 9.86. The van der Waals surface area contributed by atoms with Gasteiger partial charge in [0.1, 0.15) is 0 Å². The summed E-state index contributed by atoms with van der Waals surface area (Å²) >= 11 is 0. The second-order valence-corrected chi connectivity index (χ2v) is 5.71. The predicted octanol–water partition coefficient (Wildman–Crippen LogP) is 4.99. The van der Waals surface area contributed by atoms with Crippen molar-refractivity contribution in [3.8, 4) is 0 Å². The molecule has 1 unspecified atom stereocenters. The van der Waals surface area contributed by atoms with E-state index in [1.807, 2.05) is 30.3 Å². The molecular formula is C19H22O. The highest BCUT2D eigenvalue weighted by Crippen LogP contribution is 2.28. The van der Waals surface area contributed by atoms with Crippen LogP contribution in [-0.2, 0) is 0 Å². The van der Waals surface area contributed by atoms with E-state index in [1.165, 1.54) is 22.3 Å². The van der Waals surface area contributed by atoms with Gasteiger partial charge in [-0.05, 0) is 43.4 Å². The van der Waals surface area contributed by atoms with Crippen molar-refractivity contribution in [1.82, 2.24) is 0 Å². The molecule has 1 atom stereocenters. The normalized spacial score (nSPS) is 12.2. The van der Waals surface area contributed by atoms with Gasteiger partial charge in [0.15, 0.2) is 5.78 Å². The van der Waals surface area contributed by atoms with E-state index in [0.717, 1.165) is 5.56 Å². The molecule has 0 aliphatic carbocycles. The van der Waals surface area contributed by atoms with Crippen molar-refractivity contribution in [3.63, 3.8) is 0 Å². The molecule has 20 heavy (non-hydrogen) atoms. The average Bonchev–Trinajstić information content (AvgIpc) is 2.38. The van der Waals surface area contributed by atoms with Gasteiger partial charge >= 0.3 is 0 Å². The van der Waals surface area contributed by atoms with E-state index in [1.54, 1.807) is 0 Å². The Morgan fingerprint density at radius 3 is 2.10 bits per heavy atom. The molecule has 0 spiro atoms. The monoisotopic (exact) mass is 266 g/mol. The third kappa shape index (κ3) is 3.16. The van der Waals surface area contributed by atoms with Crippen LogP contribution in [-0.4, -0.2) is 5.78 Å². The van der Waals surface area contributed by atoms with Gasteiger partial charge in [-0.2, -0.15) is 0 Å². The molecule has 0 amide bonds. The summed E-state index contributed by atoms with van der Waals surface area (Å²) in [4.78, 5) is 12.3. The summed E-state index contributed by atoms with van der Waals surface area (Å²) < 4.78 is 0. The Morgan fingerprint density at radius 1 is 1.00 bits per heavy atom. The van der Waals surface area contributed by atoms with E-state index in [0.29, 0.717) is 6.42 Å². The number of carbonyl (C=O) groups is 1. The van der Waals surface area contributed by atoms with Gasteiger partial charge < -0.3 is 0 Å². The van der Waals surface area contributed by atoms with Crippen LogP contribution in [0.4, 0.5) is 0 Å². The quantitative estimate of drug-likeness (QED) is 0.713. The molecule has 104 valence electrons. The van der Waals surface area contributed by atoms with Crippen molar-refractivity contribution in [1.29, 1.82) is 0 Å². The summed E-state index contributed by atoms with van der Waals surface area (Å²) in [5.74, 6) is 0.473. The molecule has 1 nitrogen and oxygen atoms in total. The van der Waals surface area contributed by atoms with Crippen LogP contribution in [0.25, 0.3) is 0 Å². The van der Waals surface area contributed by atoms with Crippen molar-refractivity contribution in [3.05, 3.63) is 70.3 Å². The Balaban J connectivity index is 2.21. The topological polar surface area (TPSA) is 17.1 Å². The molecule has 0 aromatic heterocycles. The zero-order valence-electron chi connectivity index (χ0n) is 12.7. The number of aryl methyl sites for hydroxylation is 3. The van der Waals surface area contributed by atoms with Gasteiger partial charge in [-0.25, -0.2) is 0 Å². The van der Waals surface area contributed by atoms with Crippen molar-refractivity contribution < 1.29 is 4.79 Å². The number of rotatable bonds is 4. The summed E-state index contributed by atoms with van der Waals surface area (Å²) in [6.45, 7) is 8.53. The lowest BCUT2D eigenvalue weighted by Gasteiger charge is -2.18. The standard InChI is InChI=1S/C19H22O/c1-13-10-14(2)19(15(3)11-13)16(4)12-18(20)17-8-6-5-7-9-17/h5-11,16H,12H2,1-4H3. The molecule has 2 aromatic carbocycles. The maximum atomic E-state index is 12.3. The van der Waals surface area contributed by atoms with Gasteiger partial charge in [-0.1, -0.05) is 55.0 Å². The molecular weight excluding hydrogens is 244 g/mol. The number of Topliss-reactive ketones (excluding diaryl/α,β-unsaturated/α-hetero) is 1. The maximum absolute atomic E-state index is 12.3. The molecule has 0 bridgehead atoms. The van der Waals surface area contributed by atoms with Crippen LogP contribution in [0.2, 0.25) is 0 Å². The van der Waals surface area contributed by atoms with Crippen molar-refractivity contribution in [2.45, 2.75) is 40.0 Å². The van der Waals surface area contributed by atoms with Crippen LogP contribution in [0.1, 0.15) is 51.9 Å². The fourth-order valence-electron chi connectivity index (χ4n) is 3.09. The lowest BCUT2D eigenvalue weighted by Crippen LogP contribution is -2.08. The number of benzene rings is 2. The Bertz CT molecular complexity index is 588. The van der Waals surface area contributed by atoms with Crippen LogP contribution in [0, 0.1) is 20.8 Å². The fraction of sp³-hybridized carbons (Fsp3) is 0.316. The predicted molar refractivity (Wildman–Crippen MR) is 84.5 cm³/mol. The maximum Gasteiger partial charge on any atom is 0.163 e. The highest BCUT2D eigenvalue weighted by atomic mass is 16.1. The van der Waals surface area contributed by atoms with E-state index in [-0.39, 0.29) is 11.7 Å². The van der Waals surface area contributed by atoms with Gasteiger partial charge in [-0.15, -0.1) is 0 Å². The molecule has 0 heterocycles. The molecule has 0 fully saturated rings. The third-order valence-electron chi connectivity index (χ3n) is 3.82. The van der Waals surface area contributed by atoms with E-state index >= 15 is 0 Å². The van der Waals surface area contributed by atoms with Gasteiger partial charge in [0.25, 0.3) is 0 Å². The zero-order valence-corrected chi connectivity index (χ0v) is 12.7. The smallest absolute Gasteiger partial charge is 0.163 e. The number of hydrogen-bond donors (Lipinski definition) is 0. The first-order chi connectivity index (χ1) is 9.49. The van der Waals surface area contributed by atoms with Gasteiger partial charge in [0, 0.05) is 12.0 Å². The van der Waals surface area contributed by atoms with Crippen molar-refractivity contribution in [2.75, 3.05) is 0 Å². The fourth-order valence-corrected chi connectivity index (χ4v) is 3.09. The minimum Gasteiger partial charge on any atom is -0.294 e. The summed E-state index contributed by atoms with van der Waals surface area (Å²) in [6.07, 6.45) is 0.564. The first-order valence-corrected chi connectivity index (χ1v) is 7.15. The SMILES string of the molecule is Cc1cc(C)c(C(C)CC(=O)c2ccccc2)c(C)c1. The minimum absolute atomic E-state index is 0.220. The molecule has 0 aliphatic heterocycles. The number of hydrogen-bond acceptors (Lipinski definition) is 1. The second kappa shape index (κ2) is 6.04. The van der Waals surface area contributed by atoms with Crippen molar-refractivity contribution >= 4 is 5.78 Å². The molecule has 2 rings (SSSR count). The minimum atomic E-state index is 0.220. The van der Waals surface area contributed by atoms with Crippen LogP contribution in [0.5, 0.6) is 0 Å². The number of carbonyl (C=O) groups excluding carboxylic acids is 1. The Hall–Kier alpha value is -1.89. The molecule has 0 radical (unpaired) electrons. The summed E-state index contributed by atoms with van der Waals surface area (Å²) in [5, 5.41) is 0. The Labute approximate surface area is 121 Å². The molecule has 0 saturated heterocycles. The Morgan fingerprint density at radius 2 is 1.55 bits per heavy atom. The van der Waals surface area contributed by atoms with Gasteiger partial charge in [-0.3, -0.25) is 4.79 Å². The van der Waals surface area contributed by atoms with E-state index in [2.05, 4.69) is 39.8 Å². The largest absolute Gasteiger partial charge is 0.294 e. The first-order valence-electron chi connectivity index (χ1n) is 7.15. The lowest BCUT2D eigenvalue weighted by molar-refractivity contribution is 0.0975. The van der Waals surface area contributed by atoms with Crippen molar-refractivity contribution in [2.24, 2.45) is 0 Å². The third-order valence-corrected chi connectivity index (χ3v) is 3.82. The average molecular weight is 266 g/mol. The van der Waals surface area contributed by atoms with E-state index in [9.17, 15) is 4.79 Å². The van der Waals surface area contributed by atoms with E-state index < -0.39 is 0 Å². The zero-order chi connectivity index (χ0) is 14.7. The van der Waals surface area contributed by atoms with Crippen LogP contribution >= 0.6 is 0 Å². The van der Waals surface area contributed by atoms with Gasteiger partial charge in [0.2, 0.25) is 0 Å². The van der Waals surface area contributed by atoms with Crippen LogP contribution in [0.15, 0.2) is 42.5 Å². The molecule has 0 aliphatic rings. The van der Waals surface area contributed by atoms with E-state index in [4.69, 9.17) is 0 Å². The highest BCUT2D eigenvalue weighted by Gasteiger charge is 2.16. The second-order valence-electron chi connectivity index (χ2n) is 5.71. The molecule has 1 heteroatoms. The summed E-state index contributed by atoms with van der Waals surface area (Å²) in [7, 11) is 0. The van der Waals surface area contributed by atoms with Gasteiger partial charge in [0.05, 0.1) is 0 Å². The highest BCUT2D eigenvalue weighted by molar-refractivity contribution is 5.96. The summed E-state index contributed by atoms with van der Waals surface area (Å²) in [6, 6.07) is 14.0. The molecule has 2 aromatic rings. The van der Waals surface area contributed by atoms with Crippen LogP contribution < -0.4 is 0 Å². The summed E-state index contributed by atoms with van der Waals surface area (Å²) in [5.41, 5.74) is 5.98. The number of ketones is 1. The van der Waals surface area contributed by atoms with Crippen LogP contribution in [0.3, 0.4) is 0 Å².